The molecule has 3 nitrogen and oxygen atoms in total. The number of benzene rings is 2. The minimum atomic E-state index is -0.132. The molecule has 0 aromatic heterocycles. The van der Waals surface area contributed by atoms with E-state index in [0.717, 1.165) is 5.56 Å². The van der Waals surface area contributed by atoms with Gasteiger partial charge >= 0.3 is 0 Å². The Kier molecular flexibility index (Phi) is 4.08. The van der Waals surface area contributed by atoms with Gasteiger partial charge in [0.05, 0.1) is 11.7 Å². The highest BCUT2D eigenvalue weighted by Gasteiger charge is 2.14. The summed E-state index contributed by atoms with van der Waals surface area (Å²) in [6, 6.07) is 14.1. The molecule has 0 saturated carbocycles. The van der Waals surface area contributed by atoms with E-state index >= 15 is 0 Å². The van der Waals surface area contributed by atoms with Crippen LogP contribution in [0.15, 0.2) is 61.2 Å². The van der Waals surface area contributed by atoms with Crippen molar-refractivity contribution in [2.24, 2.45) is 0 Å². The van der Waals surface area contributed by atoms with Crippen LogP contribution in [0, 0.1) is 0 Å². The minimum absolute atomic E-state index is 0.132. The van der Waals surface area contributed by atoms with E-state index in [2.05, 4.69) is 11.9 Å². The zero-order valence-electron chi connectivity index (χ0n) is 10.6. The Balaban J connectivity index is 2.29. The monoisotopic (exact) mass is 255 g/mol. The Bertz CT molecular complexity index is 566. The molecule has 0 spiro atoms. The summed E-state index contributed by atoms with van der Waals surface area (Å²) in [4.78, 5) is 0. The van der Waals surface area contributed by atoms with Gasteiger partial charge in [0, 0.05) is 5.56 Å². The molecule has 2 aromatic rings. The van der Waals surface area contributed by atoms with Crippen molar-refractivity contribution in [1.82, 2.24) is 0 Å². The summed E-state index contributed by atoms with van der Waals surface area (Å²) in [5, 5.41) is 22.9. The number of hydrogen-bond donors (Lipinski definition) is 3. The first kappa shape index (κ1) is 13.0. The van der Waals surface area contributed by atoms with Crippen LogP contribution in [0.1, 0.15) is 18.0 Å². The van der Waals surface area contributed by atoms with Gasteiger partial charge in [-0.3, -0.25) is 0 Å². The van der Waals surface area contributed by atoms with Crippen LogP contribution in [0.5, 0.6) is 11.5 Å². The van der Waals surface area contributed by atoms with Gasteiger partial charge < -0.3 is 15.5 Å². The Morgan fingerprint density at radius 3 is 2.26 bits per heavy atom. The number of phenolic OH excluding ortho intramolecular Hbond substituents is 2. The third-order valence-electron chi connectivity index (χ3n) is 2.95. The topological polar surface area (TPSA) is 52.5 Å². The maximum absolute atomic E-state index is 9.92. The summed E-state index contributed by atoms with van der Waals surface area (Å²) in [5.41, 5.74) is 1.42. The molecule has 0 amide bonds. The molecule has 3 N–H and O–H groups in total. The van der Waals surface area contributed by atoms with Crippen LogP contribution < -0.4 is 5.32 Å². The van der Waals surface area contributed by atoms with Gasteiger partial charge in [-0.2, -0.15) is 0 Å². The van der Waals surface area contributed by atoms with Crippen molar-refractivity contribution in [3.63, 3.8) is 0 Å². The molecule has 98 valence electrons. The van der Waals surface area contributed by atoms with E-state index in [0.29, 0.717) is 12.1 Å². The predicted octanol–water partition coefficient (Wildman–Crippen LogP) is 3.83. The van der Waals surface area contributed by atoms with Gasteiger partial charge in [0.15, 0.2) is 0 Å². The van der Waals surface area contributed by atoms with E-state index < -0.39 is 0 Å². The minimum Gasteiger partial charge on any atom is -0.508 e. The van der Waals surface area contributed by atoms with Crippen molar-refractivity contribution in [2.75, 3.05) is 5.32 Å². The van der Waals surface area contributed by atoms with Crippen molar-refractivity contribution in [1.29, 1.82) is 0 Å². The standard InChI is InChI=1S/C16H17NO2/c1-2-7-13(12-8-3-5-10-15(12)18)17-14-9-4-6-11-16(14)19/h2-6,8-11,13,17-19H,1,7H2. The fourth-order valence-electron chi connectivity index (χ4n) is 2.00. The van der Waals surface area contributed by atoms with Crippen LogP contribution in [0.25, 0.3) is 0 Å². The molecule has 0 saturated heterocycles. The quantitative estimate of drug-likeness (QED) is 0.562. The largest absolute Gasteiger partial charge is 0.508 e. The highest BCUT2D eigenvalue weighted by Crippen LogP contribution is 2.32. The van der Waals surface area contributed by atoms with Crippen LogP contribution in [-0.4, -0.2) is 10.2 Å². The molecule has 2 aromatic carbocycles. The molecule has 0 heterocycles. The third kappa shape index (κ3) is 3.07. The van der Waals surface area contributed by atoms with Gasteiger partial charge in [-0.25, -0.2) is 0 Å². The summed E-state index contributed by atoms with van der Waals surface area (Å²) >= 11 is 0. The lowest BCUT2D eigenvalue weighted by atomic mass is 10.0. The van der Waals surface area contributed by atoms with E-state index in [1.165, 1.54) is 0 Å². The Morgan fingerprint density at radius 1 is 1.00 bits per heavy atom. The van der Waals surface area contributed by atoms with Gasteiger partial charge in [0.2, 0.25) is 0 Å². The highest BCUT2D eigenvalue weighted by atomic mass is 16.3. The van der Waals surface area contributed by atoms with E-state index in [9.17, 15) is 10.2 Å². The molecule has 19 heavy (non-hydrogen) atoms. The van der Waals surface area contributed by atoms with E-state index in [1.807, 2.05) is 18.2 Å². The second-order valence-electron chi connectivity index (χ2n) is 4.30. The lowest BCUT2D eigenvalue weighted by Crippen LogP contribution is -2.10. The summed E-state index contributed by atoms with van der Waals surface area (Å²) in [5.74, 6) is 0.421. The zero-order valence-corrected chi connectivity index (χ0v) is 10.6. The Hall–Kier alpha value is -2.42. The van der Waals surface area contributed by atoms with E-state index in [1.54, 1.807) is 36.4 Å². The molecular formula is C16H17NO2. The average molecular weight is 255 g/mol. The SMILES string of the molecule is C=CCC(Nc1ccccc1O)c1ccccc1O. The van der Waals surface area contributed by atoms with E-state index in [-0.39, 0.29) is 17.5 Å². The van der Waals surface area contributed by atoms with Crippen LogP contribution in [0.4, 0.5) is 5.69 Å². The smallest absolute Gasteiger partial charge is 0.138 e. The van der Waals surface area contributed by atoms with Crippen LogP contribution in [-0.2, 0) is 0 Å². The molecule has 3 heteroatoms. The Labute approximate surface area is 112 Å². The van der Waals surface area contributed by atoms with Crippen molar-refractivity contribution >= 4 is 5.69 Å². The summed E-state index contributed by atoms with van der Waals surface area (Å²) in [6.07, 6.45) is 2.43. The third-order valence-corrected chi connectivity index (χ3v) is 2.95. The fraction of sp³-hybridized carbons (Fsp3) is 0.125. The number of aromatic hydroxyl groups is 2. The number of rotatable bonds is 5. The van der Waals surface area contributed by atoms with Crippen LogP contribution >= 0.6 is 0 Å². The first-order valence-corrected chi connectivity index (χ1v) is 6.15. The second kappa shape index (κ2) is 5.96. The molecule has 0 bridgehead atoms. The molecule has 0 aliphatic carbocycles. The average Bonchev–Trinajstić information content (AvgIpc) is 2.41. The molecule has 1 atom stereocenters. The lowest BCUT2D eigenvalue weighted by Gasteiger charge is -2.20. The molecule has 0 aliphatic heterocycles. The van der Waals surface area contributed by atoms with Gasteiger partial charge in [0.25, 0.3) is 0 Å². The predicted molar refractivity (Wildman–Crippen MR) is 77.4 cm³/mol. The first-order chi connectivity index (χ1) is 9.22. The number of anilines is 1. The molecule has 2 rings (SSSR count). The number of nitrogens with one attached hydrogen (secondary N) is 1. The van der Waals surface area contributed by atoms with Crippen molar-refractivity contribution in [3.05, 3.63) is 66.7 Å². The van der Waals surface area contributed by atoms with Crippen molar-refractivity contribution in [2.45, 2.75) is 12.5 Å². The summed E-state index contributed by atoms with van der Waals surface area (Å²) < 4.78 is 0. The number of para-hydroxylation sites is 3. The molecular weight excluding hydrogens is 238 g/mol. The normalized spacial score (nSPS) is 11.8. The molecule has 1 unspecified atom stereocenters. The van der Waals surface area contributed by atoms with E-state index in [4.69, 9.17) is 0 Å². The van der Waals surface area contributed by atoms with Crippen molar-refractivity contribution in [3.8, 4) is 11.5 Å². The summed E-state index contributed by atoms with van der Waals surface area (Å²) in [7, 11) is 0. The second-order valence-corrected chi connectivity index (χ2v) is 4.30. The summed E-state index contributed by atoms with van der Waals surface area (Å²) in [6.45, 7) is 3.74. The van der Waals surface area contributed by atoms with Gasteiger partial charge in [-0.1, -0.05) is 36.4 Å². The maximum Gasteiger partial charge on any atom is 0.138 e. The first-order valence-electron chi connectivity index (χ1n) is 6.15. The van der Waals surface area contributed by atoms with Gasteiger partial charge in [0.1, 0.15) is 11.5 Å². The molecule has 0 fully saturated rings. The fourth-order valence-corrected chi connectivity index (χ4v) is 2.00. The number of phenols is 2. The van der Waals surface area contributed by atoms with Crippen LogP contribution in [0.3, 0.4) is 0 Å². The van der Waals surface area contributed by atoms with Gasteiger partial charge in [-0.05, 0) is 24.6 Å². The lowest BCUT2D eigenvalue weighted by molar-refractivity contribution is 0.462. The number of hydrogen-bond acceptors (Lipinski definition) is 3. The highest BCUT2D eigenvalue weighted by molar-refractivity contribution is 5.57. The zero-order chi connectivity index (χ0) is 13.7. The molecule has 0 aliphatic rings. The molecule has 0 radical (unpaired) electrons. The van der Waals surface area contributed by atoms with Gasteiger partial charge in [-0.15, -0.1) is 6.58 Å². The van der Waals surface area contributed by atoms with Crippen molar-refractivity contribution < 1.29 is 10.2 Å². The Morgan fingerprint density at radius 2 is 1.63 bits per heavy atom. The van der Waals surface area contributed by atoms with Crippen LogP contribution in [0.2, 0.25) is 0 Å². The maximum atomic E-state index is 9.92.